The fraction of sp³-hybridized carbons (Fsp3) is 0.900. The van der Waals surface area contributed by atoms with Gasteiger partial charge < -0.3 is 15.7 Å². The Hall–Kier alpha value is -0.610. The van der Waals surface area contributed by atoms with E-state index in [9.17, 15) is 9.90 Å². The van der Waals surface area contributed by atoms with E-state index >= 15 is 0 Å². The average Bonchev–Trinajstić information content (AvgIpc) is 2.50. The predicted molar refractivity (Wildman–Crippen MR) is 54.7 cm³/mol. The van der Waals surface area contributed by atoms with Crippen molar-refractivity contribution in [2.24, 2.45) is 5.73 Å². The summed E-state index contributed by atoms with van der Waals surface area (Å²) in [5, 5.41) is 9.31. The first kappa shape index (κ1) is 11.5. The molecule has 0 bridgehead atoms. The molecule has 0 radical (unpaired) electrons. The molecule has 0 saturated carbocycles. The smallest absolute Gasteiger partial charge is 0.242 e. The van der Waals surface area contributed by atoms with Crippen molar-refractivity contribution in [3.8, 4) is 0 Å². The second-order valence-corrected chi connectivity index (χ2v) is 4.36. The zero-order chi connectivity index (χ0) is 10.8. The van der Waals surface area contributed by atoms with E-state index in [1.165, 1.54) is 0 Å². The fourth-order valence-electron chi connectivity index (χ4n) is 1.91. The van der Waals surface area contributed by atoms with Gasteiger partial charge >= 0.3 is 0 Å². The van der Waals surface area contributed by atoms with Crippen LogP contribution in [0.2, 0.25) is 0 Å². The molecule has 1 aliphatic heterocycles. The molecule has 0 spiro atoms. The van der Waals surface area contributed by atoms with E-state index in [1.807, 2.05) is 6.92 Å². The maximum Gasteiger partial charge on any atom is 0.242 e. The summed E-state index contributed by atoms with van der Waals surface area (Å²) in [4.78, 5) is 13.6. The molecule has 14 heavy (non-hydrogen) atoms. The van der Waals surface area contributed by atoms with Crippen molar-refractivity contribution < 1.29 is 9.90 Å². The molecule has 2 atom stereocenters. The number of nitrogens with two attached hydrogens (primary N) is 1. The molecule has 4 heteroatoms. The highest BCUT2D eigenvalue weighted by molar-refractivity contribution is 5.85. The minimum atomic E-state index is -0.765. The number of likely N-dealkylation sites (tertiary alicyclic amines) is 1. The van der Waals surface area contributed by atoms with Gasteiger partial charge in [-0.25, -0.2) is 0 Å². The Kier molecular flexibility index (Phi) is 3.50. The molecule has 82 valence electrons. The topological polar surface area (TPSA) is 66.6 Å². The number of amides is 1. The zero-order valence-electron chi connectivity index (χ0n) is 8.99. The summed E-state index contributed by atoms with van der Waals surface area (Å²) in [6.07, 6.45) is 1.90. The summed E-state index contributed by atoms with van der Waals surface area (Å²) in [6.45, 7) is 4.85. The summed E-state index contributed by atoms with van der Waals surface area (Å²) in [5.41, 5.74) is 5.16. The van der Waals surface area contributed by atoms with E-state index in [2.05, 4.69) is 0 Å². The second kappa shape index (κ2) is 4.28. The lowest BCUT2D eigenvalue weighted by atomic mass is 9.96. The minimum absolute atomic E-state index is 0.0316. The molecular formula is C10H20N2O2. The van der Waals surface area contributed by atoms with E-state index in [-0.39, 0.29) is 12.0 Å². The number of hydrogen-bond donors (Lipinski definition) is 2. The Balaban J connectivity index is 2.56. The van der Waals surface area contributed by atoms with Crippen molar-refractivity contribution in [3.63, 3.8) is 0 Å². The molecule has 3 N–H and O–H groups in total. The van der Waals surface area contributed by atoms with E-state index in [1.54, 1.807) is 11.8 Å². The third kappa shape index (κ3) is 2.45. The van der Waals surface area contributed by atoms with Gasteiger partial charge in [-0.2, -0.15) is 0 Å². The van der Waals surface area contributed by atoms with Gasteiger partial charge in [-0.3, -0.25) is 4.79 Å². The number of aliphatic hydroxyl groups is 1. The molecule has 4 nitrogen and oxygen atoms in total. The lowest BCUT2D eigenvalue weighted by Gasteiger charge is -2.28. The van der Waals surface area contributed by atoms with Gasteiger partial charge in [-0.1, -0.05) is 13.3 Å². The average molecular weight is 200 g/mol. The molecule has 1 aliphatic rings. The Morgan fingerprint density at radius 3 is 2.79 bits per heavy atom. The number of hydrogen-bond acceptors (Lipinski definition) is 3. The Labute approximate surface area is 85.1 Å². The summed E-state index contributed by atoms with van der Waals surface area (Å²) >= 11 is 0. The van der Waals surface area contributed by atoms with Gasteiger partial charge in [-0.05, 0) is 19.8 Å². The number of nitrogens with zero attached hydrogens (tertiary/aromatic N) is 1. The van der Waals surface area contributed by atoms with Gasteiger partial charge in [0, 0.05) is 13.1 Å². The Bertz CT molecular complexity index is 216. The molecule has 1 rings (SSSR count). The third-order valence-corrected chi connectivity index (χ3v) is 2.71. The van der Waals surface area contributed by atoms with Crippen molar-refractivity contribution in [2.45, 2.75) is 44.8 Å². The van der Waals surface area contributed by atoms with E-state index < -0.39 is 5.54 Å². The Morgan fingerprint density at radius 1 is 1.71 bits per heavy atom. The third-order valence-electron chi connectivity index (χ3n) is 2.71. The van der Waals surface area contributed by atoms with Crippen LogP contribution in [0.3, 0.4) is 0 Å². The van der Waals surface area contributed by atoms with E-state index in [0.29, 0.717) is 25.9 Å². The van der Waals surface area contributed by atoms with E-state index in [4.69, 9.17) is 5.73 Å². The molecule has 1 amide bonds. The highest BCUT2D eigenvalue weighted by Gasteiger charge is 2.35. The Morgan fingerprint density at radius 2 is 2.36 bits per heavy atom. The van der Waals surface area contributed by atoms with Gasteiger partial charge in [0.05, 0.1) is 11.6 Å². The van der Waals surface area contributed by atoms with Crippen LogP contribution in [0.4, 0.5) is 0 Å². The molecule has 1 heterocycles. The largest absolute Gasteiger partial charge is 0.391 e. The monoisotopic (exact) mass is 200 g/mol. The SMILES string of the molecule is CCCC(C)(N)C(=O)N1CCC(O)C1. The quantitative estimate of drug-likeness (QED) is 0.679. The lowest BCUT2D eigenvalue weighted by molar-refractivity contribution is -0.135. The number of β-amino-alcohol motifs (C(OH)–C–C–N with tert-alkyl or cyclic N) is 1. The lowest BCUT2D eigenvalue weighted by Crippen LogP contribution is -2.52. The van der Waals surface area contributed by atoms with Crippen LogP contribution < -0.4 is 5.73 Å². The van der Waals surface area contributed by atoms with Crippen LogP contribution in [-0.4, -0.2) is 40.6 Å². The highest BCUT2D eigenvalue weighted by atomic mass is 16.3. The maximum atomic E-state index is 11.9. The standard InChI is InChI=1S/C10H20N2O2/c1-3-5-10(2,11)9(14)12-6-4-8(13)7-12/h8,13H,3-7,11H2,1-2H3. The van der Waals surface area contributed by atoms with Crippen molar-refractivity contribution in [2.75, 3.05) is 13.1 Å². The minimum Gasteiger partial charge on any atom is -0.391 e. The molecule has 1 fully saturated rings. The van der Waals surface area contributed by atoms with Crippen molar-refractivity contribution >= 4 is 5.91 Å². The molecule has 0 aromatic rings. The molecular weight excluding hydrogens is 180 g/mol. The zero-order valence-corrected chi connectivity index (χ0v) is 8.99. The van der Waals surface area contributed by atoms with Crippen molar-refractivity contribution in [1.82, 2.24) is 4.90 Å². The first-order valence-corrected chi connectivity index (χ1v) is 5.23. The summed E-state index contributed by atoms with van der Waals surface area (Å²) in [6, 6.07) is 0. The number of aliphatic hydroxyl groups excluding tert-OH is 1. The van der Waals surface area contributed by atoms with Gasteiger partial charge in [0.1, 0.15) is 0 Å². The van der Waals surface area contributed by atoms with Crippen LogP contribution in [-0.2, 0) is 4.79 Å². The van der Waals surface area contributed by atoms with Crippen LogP contribution in [0.15, 0.2) is 0 Å². The number of rotatable bonds is 3. The van der Waals surface area contributed by atoms with E-state index in [0.717, 1.165) is 6.42 Å². The van der Waals surface area contributed by atoms with Crippen LogP contribution >= 0.6 is 0 Å². The van der Waals surface area contributed by atoms with Gasteiger partial charge in [0.2, 0.25) is 5.91 Å². The first-order valence-electron chi connectivity index (χ1n) is 5.23. The van der Waals surface area contributed by atoms with Gasteiger partial charge in [-0.15, -0.1) is 0 Å². The molecule has 1 saturated heterocycles. The number of carbonyl (C=O) groups excluding carboxylic acids is 1. The second-order valence-electron chi connectivity index (χ2n) is 4.36. The maximum absolute atomic E-state index is 11.9. The van der Waals surface area contributed by atoms with Crippen molar-refractivity contribution in [3.05, 3.63) is 0 Å². The molecule has 2 unspecified atom stereocenters. The van der Waals surface area contributed by atoms with Crippen LogP contribution in [0, 0.1) is 0 Å². The highest BCUT2D eigenvalue weighted by Crippen LogP contribution is 2.17. The number of carbonyl (C=O) groups is 1. The van der Waals surface area contributed by atoms with Crippen LogP contribution in [0.25, 0.3) is 0 Å². The molecule has 0 aliphatic carbocycles. The summed E-state index contributed by atoms with van der Waals surface area (Å²) < 4.78 is 0. The summed E-state index contributed by atoms with van der Waals surface area (Å²) in [5.74, 6) is -0.0316. The van der Waals surface area contributed by atoms with Crippen LogP contribution in [0.1, 0.15) is 33.1 Å². The van der Waals surface area contributed by atoms with Gasteiger partial charge in [0.25, 0.3) is 0 Å². The normalized spacial score (nSPS) is 26.3. The summed E-state index contributed by atoms with van der Waals surface area (Å²) in [7, 11) is 0. The predicted octanol–water partition coefficient (Wildman–Crippen LogP) is 0.0971. The fourth-order valence-corrected chi connectivity index (χ4v) is 1.91. The molecule has 0 aromatic carbocycles. The first-order chi connectivity index (χ1) is 6.47. The van der Waals surface area contributed by atoms with Crippen LogP contribution in [0.5, 0.6) is 0 Å². The van der Waals surface area contributed by atoms with Gasteiger partial charge in [0.15, 0.2) is 0 Å². The van der Waals surface area contributed by atoms with Crippen molar-refractivity contribution in [1.29, 1.82) is 0 Å². The molecule has 0 aromatic heterocycles.